The van der Waals surface area contributed by atoms with Crippen LogP contribution in [-0.4, -0.2) is 27.1 Å². The number of amides is 2. The summed E-state index contributed by atoms with van der Waals surface area (Å²) >= 11 is 0. The Bertz CT molecular complexity index is 815. The van der Waals surface area contributed by atoms with Crippen LogP contribution in [0.4, 0.5) is 11.4 Å². The van der Waals surface area contributed by atoms with Gasteiger partial charge in [0, 0.05) is 18.7 Å². The van der Waals surface area contributed by atoms with Crippen LogP contribution in [0.15, 0.2) is 42.5 Å². The number of anilines is 2. The van der Waals surface area contributed by atoms with Gasteiger partial charge in [-0.05, 0) is 42.0 Å². The Balaban J connectivity index is 2.07. The zero-order valence-corrected chi connectivity index (χ0v) is 12.8. The molecule has 0 aliphatic rings. The van der Waals surface area contributed by atoms with Gasteiger partial charge in [-0.1, -0.05) is 6.07 Å². The highest BCUT2D eigenvalue weighted by atomic mass is 16.3. The standard InChI is InChI=1S/C17H16N2O5/c1-10(20)18-13-9-12(4-6-14(13)21)19-17(24)7-3-11-2-5-15(22)16(23)8-11/h2-9,21-23H,1H3,(H,18,20)(H,19,24)/b7-3+. The molecule has 7 nitrogen and oxygen atoms in total. The Morgan fingerprint density at radius 2 is 1.62 bits per heavy atom. The molecule has 0 aromatic heterocycles. The summed E-state index contributed by atoms with van der Waals surface area (Å²) in [5.74, 6) is -1.43. The molecule has 0 radical (unpaired) electrons. The second-order valence-corrected chi connectivity index (χ2v) is 4.98. The minimum Gasteiger partial charge on any atom is -0.506 e. The van der Waals surface area contributed by atoms with Crippen molar-refractivity contribution in [2.24, 2.45) is 0 Å². The normalized spacial score (nSPS) is 10.5. The molecule has 0 aliphatic carbocycles. The third-order valence-corrected chi connectivity index (χ3v) is 3.00. The van der Waals surface area contributed by atoms with Gasteiger partial charge in [0.15, 0.2) is 11.5 Å². The maximum Gasteiger partial charge on any atom is 0.248 e. The van der Waals surface area contributed by atoms with E-state index in [4.69, 9.17) is 0 Å². The van der Waals surface area contributed by atoms with E-state index in [9.17, 15) is 24.9 Å². The second-order valence-electron chi connectivity index (χ2n) is 4.98. The van der Waals surface area contributed by atoms with Crippen molar-refractivity contribution in [2.75, 3.05) is 10.6 Å². The number of phenolic OH excluding ortho intramolecular Hbond substituents is 3. The summed E-state index contributed by atoms with van der Waals surface area (Å²) < 4.78 is 0. The first-order chi connectivity index (χ1) is 11.3. The summed E-state index contributed by atoms with van der Waals surface area (Å²) in [6.07, 6.45) is 2.71. The summed E-state index contributed by atoms with van der Waals surface area (Å²) in [4.78, 5) is 22.9. The van der Waals surface area contributed by atoms with E-state index in [2.05, 4.69) is 10.6 Å². The predicted molar refractivity (Wildman–Crippen MR) is 89.8 cm³/mol. The van der Waals surface area contributed by atoms with Gasteiger partial charge in [-0.2, -0.15) is 0 Å². The van der Waals surface area contributed by atoms with Gasteiger partial charge < -0.3 is 26.0 Å². The number of carbonyl (C=O) groups excluding carboxylic acids is 2. The summed E-state index contributed by atoms with van der Waals surface area (Å²) in [6, 6.07) is 8.42. The molecule has 5 N–H and O–H groups in total. The number of hydrogen-bond acceptors (Lipinski definition) is 5. The van der Waals surface area contributed by atoms with Crippen molar-refractivity contribution in [3.63, 3.8) is 0 Å². The third kappa shape index (κ3) is 4.51. The van der Waals surface area contributed by atoms with Crippen LogP contribution in [0.2, 0.25) is 0 Å². The molecule has 0 saturated heterocycles. The van der Waals surface area contributed by atoms with Gasteiger partial charge in [0.25, 0.3) is 0 Å². The first kappa shape index (κ1) is 16.9. The van der Waals surface area contributed by atoms with Crippen molar-refractivity contribution in [1.82, 2.24) is 0 Å². The van der Waals surface area contributed by atoms with Crippen LogP contribution in [0.5, 0.6) is 17.2 Å². The first-order valence-corrected chi connectivity index (χ1v) is 6.97. The molecule has 0 fully saturated rings. The van der Waals surface area contributed by atoms with E-state index >= 15 is 0 Å². The van der Waals surface area contributed by atoms with Crippen molar-refractivity contribution < 1.29 is 24.9 Å². The number of benzene rings is 2. The second kappa shape index (κ2) is 7.19. The topological polar surface area (TPSA) is 119 Å². The van der Waals surface area contributed by atoms with Gasteiger partial charge in [-0.3, -0.25) is 9.59 Å². The molecule has 2 aromatic carbocycles. The molecule has 0 spiro atoms. The molecule has 2 rings (SSSR count). The number of nitrogens with one attached hydrogen (secondary N) is 2. The van der Waals surface area contributed by atoms with Crippen molar-refractivity contribution in [2.45, 2.75) is 6.92 Å². The Morgan fingerprint density at radius 3 is 2.29 bits per heavy atom. The highest BCUT2D eigenvalue weighted by Gasteiger charge is 2.06. The zero-order valence-electron chi connectivity index (χ0n) is 12.8. The first-order valence-electron chi connectivity index (χ1n) is 6.97. The lowest BCUT2D eigenvalue weighted by Crippen LogP contribution is -2.09. The van der Waals surface area contributed by atoms with Crippen molar-refractivity contribution in [1.29, 1.82) is 0 Å². The molecule has 0 bridgehead atoms. The Morgan fingerprint density at radius 1 is 0.917 bits per heavy atom. The predicted octanol–water partition coefficient (Wildman–Crippen LogP) is 2.41. The molecule has 0 saturated carbocycles. The average molecular weight is 328 g/mol. The average Bonchev–Trinajstić information content (AvgIpc) is 2.51. The number of carbonyl (C=O) groups is 2. The highest BCUT2D eigenvalue weighted by molar-refractivity contribution is 6.02. The molecule has 0 atom stereocenters. The van der Waals surface area contributed by atoms with E-state index in [1.807, 2.05) is 0 Å². The maximum absolute atomic E-state index is 11.9. The smallest absolute Gasteiger partial charge is 0.248 e. The number of hydrogen-bond donors (Lipinski definition) is 5. The number of phenols is 3. The largest absolute Gasteiger partial charge is 0.506 e. The third-order valence-electron chi connectivity index (χ3n) is 3.00. The van der Waals surface area contributed by atoms with E-state index < -0.39 is 5.91 Å². The van der Waals surface area contributed by atoms with Gasteiger partial charge in [0.2, 0.25) is 11.8 Å². The van der Waals surface area contributed by atoms with E-state index in [1.54, 1.807) is 0 Å². The van der Waals surface area contributed by atoms with Crippen LogP contribution in [0, 0.1) is 0 Å². The molecule has 0 unspecified atom stereocenters. The molecule has 124 valence electrons. The fourth-order valence-electron chi connectivity index (χ4n) is 1.90. The highest BCUT2D eigenvalue weighted by Crippen LogP contribution is 2.27. The summed E-state index contributed by atoms with van der Waals surface area (Å²) in [5.41, 5.74) is 1.11. The van der Waals surface area contributed by atoms with E-state index in [0.717, 1.165) is 0 Å². The molecule has 24 heavy (non-hydrogen) atoms. The SMILES string of the molecule is CC(=O)Nc1cc(NC(=O)/C=C/c2ccc(O)c(O)c2)ccc1O. The van der Waals surface area contributed by atoms with Crippen molar-refractivity contribution in [3.05, 3.63) is 48.0 Å². The van der Waals surface area contributed by atoms with Gasteiger partial charge in [0.05, 0.1) is 5.69 Å². The van der Waals surface area contributed by atoms with Gasteiger partial charge in [-0.15, -0.1) is 0 Å². The minimum absolute atomic E-state index is 0.113. The fraction of sp³-hybridized carbons (Fsp3) is 0.0588. The quantitative estimate of drug-likeness (QED) is 0.335. The van der Waals surface area contributed by atoms with Crippen LogP contribution in [0.3, 0.4) is 0 Å². The van der Waals surface area contributed by atoms with E-state index in [1.165, 1.54) is 55.5 Å². The van der Waals surface area contributed by atoms with Gasteiger partial charge >= 0.3 is 0 Å². The van der Waals surface area contributed by atoms with Crippen molar-refractivity contribution in [3.8, 4) is 17.2 Å². The lowest BCUT2D eigenvalue weighted by Gasteiger charge is -2.08. The van der Waals surface area contributed by atoms with Gasteiger partial charge in [0.1, 0.15) is 5.75 Å². The fourth-order valence-corrected chi connectivity index (χ4v) is 1.90. The monoisotopic (exact) mass is 328 g/mol. The molecular formula is C17H16N2O5. The van der Waals surface area contributed by atoms with Crippen LogP contribution in [0.1, 0.15) is 12.5 Å². The number of aromatic hydroxyl groups is 3. The van der Waals surface area contributed by atoms with Crippen LogP contribution in [-0.2, 0) is 9.59 Å². The molecule has 7 heteroatoms. The number of rotatable bonds is 4. The lowest BCUT2D eigenvalue weighted by molar-refractivity contribution is -0.114. The maximum atomic E-state index is 11.9. The molecule has 2 amide bonds. The Hall–Kier alpha value is -3.48. The molecule has 0 aliphatic heterocycles. The zero-order chi connectivity index (χ0) is 17.7. The summed E-state index contributed by atoms with van der Waals surface area (Å²) in [6.45, 7) is 1.31. The van der Waals surface area contributed by atoms with Gasteiger partial charge in [-0.25, -0.2) is 0 Å². The minimum atomic E-state index is -0.443. The summed E-state index contributed by atoms with van der Waals surface area (Å²) in [7, 11) is 0. The lowest BCUT2D eigenvalue weighted by atomic mass is 10.2. The van der Waals surface area contributed by atoms with E-state index in [-0.39, 0.29) is 28.8 Å². The molecule has 2 aromatic rings. The van der Waals surface area contributed by atoms with Crippen LogP contribution in [0.25, 0.3) is 6.08 Å². The molecule has 0 heterocycles. The molecular weight excluding hydrogens is 312 g/mol. The van der Waals surface area contributed by atoms with Crippen LogP contribution >= 0.6 is 0 Å². The Labute approximate surface area is 137 Å². The van der Waals surface area contributed by atoms with Crippen LogP contribution < -0.4 is 10.6 Å². The Kier molecular flexibility index (Phi) is 5.06. The van der Waals surface area contributed by atoms with E-state index in [0.29, 0.717) is 11.3 Å². The summed E-state index contributed by atoms with van der Waals surface area (Å²) in [5, 5.41) is 33.3. The van der Waals surface area contributed by atoms with Crippen molar-refractivity contribution >= 4 is 29.3 Å².